The molecule has 0 aliphatic rings. The molecule has 0 fully saturated rings. The summed E-state index contributed by atoms with van der Waals surface area (Å²) in [6.45, 7) is 1.49. The van der Waals surface area contributed by atoms with Crippen LogP contribution in [0.4, 0.5) is 0 Å². The molecule has 0 aromatic heterocycles. The first-order chi connectivity index (χ1) is 20.3. The summed E-state index contributed by atoms with van der Waals surface area (Å²) in [5.41, 5.74) is -2.47. The molecule has 0 heterocycles. The molecular weight excluding hydrogens is 564 g/mol. The van der Waals surface area contributed by atoms with Crippen molar-refractivity contribution in [3.05, 3.63) is 118 Å². The highest BCUT2D eigenvalue weighted by Crippen LogP contribution is 2.36. The van der Waals surface area contributed by atoms with Crippen molar-refractivity contribution in [2.75, 3.05) is 0 Å². The van der Waals surface area contributed by atoms with Crippen LogP contribution < -0.4 is 9.47 Å². The molecule has 0 unspecified atom stereocenters. The third-order valence-electron chi connectivity index (χ3n) is 6.67. The second kappa shape index (κ2) is 11.7. The van der Waals surface area contributed by atoms with E-state index in [2.05, 4.69) is 0 Å². The van der Waals surface area contributed by atoms with Gasteiger partial charge in [-0.15, -0.1) is 0 Å². The summed E-state index contributed by atoms with van der Waals surface area (Å²) in [5.74, 6) is -6.21. The minimum Gasteiger partial charge on any atom is -0.480 e. The van der Waals surface area contributed by atoms with Crippen LogP contribution in [-0.2, 0) is 10.2 Å². The highest BCUT2D eigenvalue weighted by molar-refractivity contribution is 6.02. The predicted molar refractivity (Wildman–Crippen MR) is 148 cm³/mol. The molecule has 4 aromatic rings. The Labute approximate surface area is 242 Å². The van der Waals surface area contributed by atoms with E-state index in [0.29, 0.717) is 11.1 Å². The zero-order valence-corrected chi connectivity index (χ0v) is 22.2. The first-order valence-electron chi connectivity index (χ1n) is 12.3. The Morgan fingerprint density at radius 1 is 0.465 bits per heavy atom. The third kappa shape index (κ3) is 6.12. The van der Waals surface area contributed by atoms with Crippen LogP contribution in [0.1, 0.15) is 59.5 Å². The van der Waals surface area contributed by atoms with E-state index in [1.807, 2.05) is 0 Å². The van der Waals surface area contributed by atoms with E-state index in [1.54, 1.807) is 0 Å². The Morgan fingerprint density at radius 2 is 0.767 bits per heavy atom. The van der Waals surface area contributed by atoms with Gasteiger partial charge in [0, 0.05) is 0 Å². The van der Waals surface area contributed by atoms with Crippen molar-refractivity contribution in [3.63, 3.8) is 0 Å². The van der Waals surface area contributed by atoms with E-state index >= 15 is 0 Å². The molecule has 0 amide bonds. The van der Waals surface area contributed by atoms with Crippen molar-refractivity contribution >= 4 is 29.8 Å². The van der Waals surface area contributed by atoms with Gasteiger partial charge in [-0.3, -0.25) is 4.79 Å². The molecule has 4 rings (SSSR count). The SMILES string of the molecule is CC(C(=O)O)(c1ccc(Oc2ccc(C(=O)O)c(C(=O)O)c2)cc1)c1ccc(Oc2ccc(C(=O)O)c(C(=O)O)c2)cc1. The fraction of sp³-hybridized carbons (Fsp3) is 0.0645. The van der Waals surface area contributed by atoms with Gasteiger partial charge in [0.15, 0.2) is 0 Å². The van der Waals surface area contributed by atoms with Crippen molar-refractivity contribution in [2.45, 2.75) is 12.3 Å². The zero-order valence-electron chi connectivity index (χ0n) is 22.2. The van der Waals surface area contributed by atoms with Crippen LogP contribution in [0, 0.1) is 0 Å². The first-order valence-corrected chi connectivity index (χ1v) is 12.3. The summed E-state index contributed by atoms with van der Waals surface area (Å²) < 4.78 is 11.3. The Hall–Kier alpha value is -6.17. The molecule has 43 heavy (non-hydrogen) atoms. The Balaban J connectivity index is 1.56. The van der Waals surface area contributed by atoms with Gasteiger partial charge in [-0.05, 0) is 78.7 Å². The van der Waals surface area contributed by atoms with Crippen molar-refractivity contribution in [3.8, 4) is 23.0 Å². The fourth-order valence-electron chi connectivity index (χ4n) is 4.30. The standard InChI is InChI=1S/C31H22O12/c1-31(30(40)41,16-2-6-18(7-3-16)42-20-10-12-22(26(32)33)24(14-20)28(36)37)17-4-8-19(9-5-17)43-21-11-13-23(27(34)35)25(15-21)29(38)39/h2-15H,1H3,(H,32,33)(H,34,35)(H,36,37)(H,38,39)(H,40,41). The summed E-state index contributed by atoms with van der Waals surface area (Å²) in [7, 11) is 0. The van der Waals surface area contributed by atoms with Crippen LogP contribution in [0.2, 0.25) is 0 Å². The van der Waals surface area contributed by atoms with Crippen molar-refractivity contribution in [1.82, 2.24) is 0 Å². The number of rotatable bonds is 11. The molecule has 218 valence electrons. The molecule has 0 spiro atoms. The van der Waals surface area contributed by atoms with E-state index in [1.165, 1.54) is 67.6 Å². The van der Waals surface area contributed by atoms with Crippen LogP contribution in [0.25, 0.3) is 0 Å². The molecule has 5 N–H and O–H groups in total. The number of aliphatic carboxylic acids is 1. The molecule has 12 nitrogen and oxygen atoms in total. The molecule has 0 atom stereocenters. The van der Waals surface area contributed by atoms with E-state index < -0.39 is 57.5 Å². The fourth-order valence-corrected chi connectivity index (χ4v) is 4.30. The second-order valence-corrected chi connectivity index (χ2v) is 9.32. The normalized spacial score (nSPS) is 10.9. The van der Waals surface area contributed by atoms with E-state index in [9.17, 15) is 49.5 Å². The molecule has 0 saturated carbocycles. The third-order valence-corrected chi connectivity index (χ3v) is 6.67. The summed E-state index contributed by atoms with van der Waals surface area (Å²) >= 11 is 0. The lowest BCUT2D eigenvalue weighted by Crippen LogP contribution is -2.33. The monoisotopic (exact) mass is 586 g/mol. The van der Waals surface area contributed by atoms with Gasteiger partial charge < -0.3 is 35.0 Å². The van der Waals surface area contributed by atoms with Gasteiger partial charge in [-0.25, -0.2) is 19.2 Å². The summed E-state index contributed by atoms with van der Waals surface area (Å²) in [6, 6.07) is 19.0. The summed E-state index contributed by atoms with van der Waals surface area (Å²) in [6.07, 6.45) is 0. The average molecular weight is 587 g/mol. The predicted octanol–water partition coefficient (Wildman–Crippen LogP) is 5.45. The zero-order chi connectivity index (χ0) is 31.5. The lowest BCUT2D eigenvalue weighted by Gasteiger charge is -2.26. The maximum Gasteiger partial charge on any atom is 0.336 e. The summed E-state index contributed by atoms with van der Waals surface area (Å²) in [4.78, 5) is 57.9. The van der Waals surface area contributed by atoms with Crippen LogP contribution in [0.3, 0.4) is 0 Å². The number of benzene rings is 4. The van der Waals surface area contributed by atoms with Crippen LogP contribution >= 0.6 is 0 Å². The van der Waals surface area contributed by atoms with Gasteiger partial charge in [-0.1, -0.05) is 24.3 Å². The smallest absolute Gasteiger partial charge is 0.336 e. The van der Waals surface area contributed by atoms with Crippen molar-refractivity contribution in [2.24, 2.45) is 0 Å². The van der Waals surface area contributed by atoms with E-state index in [-0.39, 0.29) is 23.0 Å². The number of ether oxygens (including phenoxy) is 2. The molecule has 12 heteroatoms. The van der Waals surface area contributed by atoms with Gasteiger partial charge >= 0.3 is 29.8 Å². The molecule has 0 radical (unpaired) electrons. The number of carboxylic acid groups (broad SMARTS) is 5. The lowest BCUT2D eigenvalue weighted by molar-refractivity contribution is -0.141. The Morgan fingerprint density at radius 3 is 1.05 bits per heavy atom. The molecule has 0 bridgehead atoms. The van der Waals surface area contributed by atoms with Gasteiger partial charge in [0.2, 0.25) is 0 Å². The van der Waals surface area contributed by atoms with E-state index in [0.717, 1.165) is 24.3 Å². The molecule has 0 aliphatic carbocycles. The lowest BCUT2D eigenvalue weighted by atomic mass is 9.76. The molecule has 4 aromatic carbocycles. The average Bonchev–Trinajstić information content (AvgIpc) is 2.97. The number of aromatic carboxylic acids is 4. The minimum absolute atomic E-state index is 0.0693. The van der Waals surface area contributed by atoms with Crippen LogP contribution in [0.15, 0.2) is 84.9 Å². The molecule has 0 saturated heterocycles. The van der Waals surface area contributed by atoms with Gasteiger partial charge in [0.05, 0.1) is 22.3 Å². The van der Waals surface area contributed by atoms with Gasteiger partial charge in [-0.2, -0.15) is 0 Å². The van der Waals surface area contributed by atoms with E-state index in [4.69, 9.17) is 9.47 Å². The van der Waals surface area contributed by atoms with Gasteiger partial charge in [0.1, 0.15) is 28.4 Å². The van der Waals surface area contributed by atoms with Crippen LogP contribution in [-0.4, -0.2) is 55.4 Å². The highest BCUT2D eigenvalue weighted by atomic mass is 16.5. The van der Waals surface area contributed by atoms with Crippen molar-refractivity contribution in [1.29, 1.82) is 0 Å². The largest absolute Gasteiger partial charge is 0.480 e. The molecular formula is C31H22O12. The Kier molecular flexibility index (Phi) is 8.14. The highest BCUT2D eigenvalue weighted by Gasteiger charge is 2.37. The molecule has 0 aliphatic heterocycles. The minimum atomic E-state index is -1.53. The first kappa shape index (κ1) is 29.8. The van der Waals surface area contributed by atoms with Crippen LogP contribution in [0.5, 0.6) is 23.0 Å². The van der Waals surface area contributed by atoms with Crippen molar-refractivity contribution < 1.29 is 59.0 Å². The number of carboxylic acids is 5. The number of hydrogen-bond acceptors (Lipinski definition) is 7. The topological polar surface area (TPSA) is 205 Å². The second-order valence-electron chi connectivity index (χ2n) is 9.32. The Bertz CT molecular complexity index is 1630. The number of carbonyl (C=O) groups is 5. The maximum absolute atomic E-state index is 12.5. The summed E-state index contributed by atoms with van der Waals surface area (Å²) in [5, 5.41) is 47.2. The quantitative estimate of drug-likeness (QED) is 0.149. The van der Waals surface area contributed by atoms with Gasteiger partial charge in [0.25, 0.3) is 0 Å². The maximum atomic E-state index is 12.5. The number of hydrogen-bond donors (Lipinski definition) is 5.